The smallest absolute Gasteiger partial charge is 0.398 e. The summed E-state index contributed by atoms with van der Waals surface area (Å²) >= 11 is 0. The molecule has 1 aliphatic rings. The van der Waals surface area contributed by atoms with Gasteiger partial charge in [-0.3, -0.25) is 0 Å². The highest BCUT2D eigenvalue weighted by atomic mass is 19.4. The van der Waals surface area contributed by atoms with Gasteiger partial charge in [0.25, 0.3) is 0 Å². The van der Waals surface area contributed by atoms with Crippen LogP contribution in [0.25, 0.3) is 0 Å². The summed E-state index contributed by atoms with van der Waals surface area (Å²) in [6, 6.07) is 4.22. The third-order valence-electron chi connectivity index (χ3n) is 4.03. The highest BCUT2D eigenvalue weighted by Crippen LogP contribution is 2.41. The summed E-state index contributed by atoms with van der Waals surface area (Å²) in [7, 11) is 0. The number of nitrogen functional groups attached to an aromatic ring is 1. The number of rotatable bonds is 1. The topological polar surface area (TPSA) is 26.0 Å². The van der Waals surface area contributed by atoms with Gasteiger partial charge in [0.2, 0.25) is 0 Å². The predicted molar refractivity (Wildman–Crippen MR) is 70.8 cm³/mol. The van der Waals surface area contributed by atoms with Gasteiger partial charge in [-0.25, -0.2) is 0 Å². The molecule has 0 saturated heterocycles. The second kappa shape index (κ2) is 5.06. The van der Waals surface area contributed by atoms with Gasteiger partial charge >= 0.3 is 6.18 Å². The van der Waals surface area contributed by atoms with Crippen molar-refractivity contribution in [2.75, 3.05) is 5.73 Å². The fourth-order valence-electron chi connectivity index (χ4n) is 3.31. The van der Waals surface area contributed by atoms with E-state index in [1.165, 1.54) is 12.5 Å². The Morgan fingerprint density at radius 1 is 1.05 bits per heavy atom. The first-order chi connectivity index (χ1) is 8.77. The zero-order chi connectivity index (χ0) is 14.2. The Balaban J connectivity index is 2.25. The molecule has 1 aliphatic carbocycles. The van der Waals surface area contributed by atoms with Gasteiger partial charge in [0.05, 0.1) is 5.56 Å². The molecule has 0 bridgehead atoms. The summed E-state index contributed by atoms with van der Waals surface area (Å²) in [6.07, 6.45) is -1.09. The van der Waals surface area contributed by atoms with Crippen LogP contribution in [0.5, 0.6) is 0 Å². The van der Waals surface area contributed by atoms with Gasteiger partial charge in [-0.2, -0.15) is 13.2 Å². The Morgan fingerprint density at radius 2 is 1.63 bits per heavy atom. The predicted octanol–water partition coefficient (Wildman–Crippen LogP) is 4.83. The maximum absolute atomic E-state index is 12.7. The zero-order valence-corrected chi connectivity index (χ0v) is 11.3. The molecule has 1 saturated carbocycles. The molecule has 1 aromatic rings. The zero-order valence-electron chi connectivity index (χ0n) is 11.3. The summed E-state index contributed by atoms with van der Waals surface area (Å²) < 4.78 is 38.0. The number of hydrogen-bond acceptors (Lipinski definition) is 1. The molecule has 0 heterocycles. The van der Waals surface area contributed by atoms with Crippen LogP contribution in [0.15, 0.2) is 18.2 Å². The van der Waals surface area contributed by atoms with E-state index in [1.807, 2.05) is 0 Å². The average Bonchev–Trinajstić information content (AvgIpc) is 2.25. The van der Waals surface area contributed by atoms with Crippen LogP contribution in [-0.2, 0) is 6.18 Å². The van der Waals surface area contributed by atoms with E-state index in [0.29, 0.717) is 17.8 Å². The molecule has 106 valence electrons. The van der Waals surface area contributed by atoms with Crippen LogP contribution in [0.3, 0.4) is 0 Å². The molecule has 0 spiro atoms. The fraction of sp³-hybridized carbons (Fsp3) is 0.600. The van der Waals surface area contributed by atoms with Gasteiger partial charge in [-0.15, -0.1) is 0 Å². The molecule has 1 aromatic carbocycles. The van der Waals surface area contributed by atoms with Gasteiger partial charge in [0.1, 0.15) is 0 Å². The lowest BCUT2D eigenvalue weighted by atomic mass is 9.74. The number of nitrogens with two attached hydrogens (primary N) is 1. The van der Waals surface area contributed by atoms with E-state index in [9.17, 15) is 13.2 Å². The Hall–Kier alpha value is -1.19. The van der Waals surface area contributed by atoms with Gasteiger partial charge < -0.3 is 5.73 Å². The molecular formula is C15H20F3N. The molecule has 1 unspecified atom stereocenters. The van der Waals surface area contributed by atoms with Crippen LogP contribution in [-0.4, -0.2) is 0 Å². The quantitative estimate of drug-likeness (QED) is 0.727. The van der Waals surface area contributed by atoms with Crippen molar-refractivity contribution >= 4 is 5.69 Å². The van der Waals surface area contributed by atoms with E-state index < -0.39 is 11.7 Å². The Kier molecular flexibility index (Phi) is 3.79. The molecule has 1 fully saturated rings. The lowest BCUT2D eigenvalue weighted by Crippen LogP contribution is -2.18. The molecule has 0 aromatic heterocycles. The van der Waals surface area contributed by atoms with Crippen molar-refractivity contribution < 1.29 is 13.2 Å². The van der Waals surface area contributed by atoms with Crippen LogP contribution < -0.4 is 5.73 Å². The standard InChI is InChI=1S/C15H20F3N/c1-9-5-10(2)7-12(6-9)11-3-4-13(14(19)8-11)15(16,17)18/h3-4,8-10,12H,5-7,19H2,1-2H3/t9-,10+,12?. The van der Waals surface area contributed by atoms with Crippen molar-refractivity contribution in [1.82, 2.24) is 0 Å². The number of anilines is 1. The summed E-state index contributed by atoms with van der Waals surface area (Å²) in [6.45, 7) is 4.41. The molecule has 0 radical (unpaired) electrons. The van der Waals surface area contributed by atoms with Crippen LogP contribution in [0, 0.1) is 11.8 Å². The van der Waals surface area contributed by atoms with Crippen molar-refractivity contribution in [2.45, 2.75) is 45.2 Å². The van der Waals surface area contributed by atoms with E-state index in [4.69, 9.17) is 5.73 Å². The lowest BCUT2D eigenvalue weighted by molar-refractivity contribution is -0.136. The minimum absolute atomic E-state index is 0.157. The fourth-order valence-corrected chi connectivity index (χ4v) is 3.31. The average molecular weight is 271 g/mol. The third kappa shape index (κ3) is 3.23. The number of alkyl halides is 3. The second-order valence-corrected chi connectivity index (χ2v) is 5.96. The van der Waals surface area contributed by atoms with E-state index in [2.05, 4.69) is 13.8 Å². The van der Waals surface area contributed by atoms with Gasteiger partial charge in [0.15, 0.2) is 0 Å². The van der Waals surface area contributed by atoms with Crippen LogP contribution >= 0.6 is 0 Å². The summed E-state index contributed by atoms with van der Waals surface area (Å²) in [5.41, 5.74) is 5.63. The second-order valence-electron chi connectivity index (χ2n) is 5.96. The first-order valence-corrected chi connectivity index (χ1v) is 6.74. The molecule has 2 N–H and O–H groups in total. The first kappa shape index (κ1) is 14.2. The Bertz CT molecular complexity index is 443. The maximum atomic E-state index is 12.7. The minimum Gasteiger partial charge on any atom is -0.398 e. The minimum atomic E-state index is -4.37. The van der Waals surface area contributed by atoms with Crippen molar-refractivity contribution in [3.8, 4) is 0 Å². The van der Waals surface area contributed by atoms with E-state index in [-0.39, 0.29) is 5.69 Å². The number of halogens is 3. The molecule has 3 atom stereocenters. The van der Waals surface area contributed by atoms with Crippen molar-refractivity contribution in [1.29, 1.82) is 0 Å². The van der Waals surface area contributed by atoms with Crippen molar-refractivity contribution in [2.24, 2.45) is 11.8 Å². The van der Waals surface area contributed by atoms with E-state index in [0.717, 1.165) is 24.5 Å². The molecule has 1 nitrogen and oxygen atoms in total. The highest BCUT2D eigenvalue weighted by molar-refractivity contribution is 5.51. The first-order valence-electron chi connectivity index (χ1n) is 6.74. The monoisotopic (exact) mass is 271 g/mol. The highest BCUT2D eigenvalue weighted by Gasteiger charge is 2.33. The number of benzene rings is 1. The molecule has 2 rings (SSSR count). The molecular weight excluding hydrogens is 251 g/mol. The Morgan fingerprint density at radius 3 is 2.11 bits per heavy atom. The Labute approximate surface area is 112 Å². The van der Waals surface area contributed by atoms with Gasteiger partial charge in [-0.05, 0) is 54.7 Å². The van der Waals surface area contributed by atoms with Crippen LogP contribution in [0.4, 0.5) is 18.9 Å². The van der Waals surface area contributed by atoms with Crippen molar-refractivity contribution in [3.05, 3.63) is 29.3 Å². The molecule has 0 amide bonds. The molecule has 19 heavy (non-hydrogen) atoms. The summed E-state index contributed by atoms with van der Waals surface area (Å²) in [5, 5.41) is 0. The molecule has 0 aliphatic heterocycles. The maximum Gasteiger partial charge on any atom is 0.418 e. The van der Waals surface area contributed by atoms with Crippen LogP contribution in [0.1, 0.15) is 50.2 Å². The van der Waals surface area contributed by atoms with Gasteiger partial charge in [-0.1, -0.05) is 19.9 Å². The largest absolute Gasteiger partial charge is 0.418 e. The SMILES string of the molecule is C[C@@H]1CC(c2ccc(C(F)(F)F)c(N)c2)C[C@H](C)C1. The lowest BCUT2D eigenvalue weighted by Gasteiger charge is -2.32. The summed E-state index contributed by atoms with van der Waals surface area (Å²) in [4.78, 5) is 0. The third-order valence-corrected chi connectivity index (χ3v) is 4.03. The van der Waals surface area contributed by atoms with E-state index in [1.54, 1.807) is 6.07 Å². The van der Waals surface area contributed by atoms with Crippen LogP contribution in [0.2, 0.25) is 0 Å². The number of hydrogen-bond donors (Lipinski definition) is 1. The van der Waals surface area contributed by atoms with E-state index >= 15 is 0 Å². The molecule has 4 heteroatoms. The summed E-state index contributed by atoms with van der Waals surface area (Å²) in [5.74, 6) is 1.58. The normalized spacial score (nSPS) is 28.4. The van der Waals surface area contributed by atoms with Crippen molar-refractivity contribution in [3.63, 3.8) is 0 Å². The van der Waals surface area contributed by atoms with Gasteiger partial charge in [0, 0.05) is 5.69 Å².